The van der Waals surface area contributed by atoms with Gasteiger partial charge in [0.05, 0.1) is 12.7 Å². The molecule has 116 valence electrons. The van der Waals surface area contributed by atoms with E-state index in [-0.39, 0.29) is 12.0 Å². The second kappa shape index (κ2) is 6.10. The molecule has 0 bridgehead atoms. The maximum absolute atomic E-state index is 12.1. The van der Waals surface area contributed by atoms with Crippen LogP contribution in [-0.2, 0) is 11.3 Å². The van der Waals surface area contributed by atoms with E-state index in [9.17, 15) is 4.79 Å². The third kappa shape index (κ3) is 2.85. The molecule has 0 N–H and O–H groups in total. The SMILES string of the molecule is O=C(c1ccsn1)N1CC(OCc2cccc3ccccc23)C1. The van der Waals surface area contributed by atoms with E-state index >= 15 is 0 Å². The molecule has 1 aromatic heterocycles. The Balaban J connectivity index is 1.35. The standard InChI is InChI=1S/C18H16N2O2S/c21-18(17-8-9-23-19-17)20-10-15(11-20)22-12-14-6-3-5-13-4-1-2-7-16(13)14/h1-9,15H,10-12H2. The van der Waals surface area contributed by atoms with Gasteiger partial charge in [0.1, 0.15) is 5.69 Å². The predicted molar refractivity (Wildman–Crippen MR) is 90.5 cm³/mol. The van der Waals surface area contributed by atoms with Crippen LogP contribution in [0.5, 0.6) is 0 Å². The van der Waals surface area contributed by atoms with Crippen molar-refractivity contribution < 1.29 is 9.53 Å². The molecule has 4 nitrogen and oxygen atoms in total. The molecule has 1 aliphatic heterocycles. The Morgan fingerprint density at radius 3 is 2.83 bits per heavy atom. The summed E-state index contributed by atoms with van der Waals surface area (Å²) in [6.45, 7) is 1.85. The molecule has 0 spiro atoms. The van der Waals surface area contributed by atoms with Gasteiger partial charge < -0.3 is 9.64 Å². The van der Waals surface area contributed by atoms with Gasteiger partial charge in [0.15, 0.2) is 0 Å². The fourth-order valence-corrected chi connectivity index (χ4v) is 3.32. The van der Waals surface area contributed by atoms with Crippen LogP contribution in [0.2, 0.25) is 0 Å². The molecule has 2 heterocycles. The number of amides is 1. The minimum Gasteiger partial charge on any atom is -0.370 e. The van der Waals surface area contributed by atoms with Crippen LogP contribution in [0.15, 0.2) is 53.9 Å². The Labute approximate surface area is 138 Å². The zero-order chi connectivity index (χ0) is 15.6. The average molecular weight is 324 g/mol. The lowest BCUT2D eigenvalue weighted by Crippen LogP contribution is -2.54. The van der Waals surface area contributed by atoms with Gasteiger partial charge in [-0.1, -0.05) is 42.5 Å². The summed E-state index contributed by atoms with van der Waals surface area (Å²) >= 11 is 1.30. The molecule has 0 radical (unpaired) electrons. The van der Waals surface area contributed by atoms with Crippen molar-refractivity contribution in [1.82, 2.24) is 9.27 Å². The first kappa shape index (κ1) is 14.4. The highest BCUT2D eigenvalue weighted by Gasteiger charge is 2.32. The lowest BCUT2D eigenvalue weighted by atomic mass is 10.1. The van der Waals surface area contributed by atoms with E-state index in [2.05, 4.69) is 34.7 Å². The summed E-state index contributed by atoms with van der Waals surface area (Å²) in [4.78, 5) is 13.9. The molecule has 1 aliphatic rings. The fourth-order valence-electron chi connectivity index (χ4n) is 2.82. The van der Waals surface area contributed by atoms with E-state index < -0.39 is 0 Å². The summed E-state index contributed by atoms with van der Waals surface area (Å²) in [7, 11) is 0. The van der Waals surface area contributed by atoms with E-state index in [1.54, 1.807) is 11.0 Å². The Bertz CT molecular complexity index is 821. The zero-order valence-corrected chi connectivity index (χ0v) is 13.3. The smallest absolute Gasteiger partial charge is 0.273 e. The monoisotopic (exact) mass is 324 g/mol. The lowest BCUT2D eigenvalue weighted by Gasteiger charge is -2.38. The van der Waals surface area contributed by atoms with Gasteiger partial charge in [0, 0.05) is 18.5 Å². The molecule has 23 heavy (non-hydrogen) atoms. The molecule has 0 atom stereocenters. The molecule has 5 heteroatoms. The van der Waals surface area contributed by atoms with Crippen LogP contribution in [0.25, 0.3) is 10.8 Å². The molecule has 4 rings (SSSR count). The van der Waals surface area contributed by atoms with E-state index in [0.717, 1.165) is 0 Å². The largest absolute Gasteiger partial charge is 0.370 e. The topological polar surface area (TPSA) is 42.4 Å². The van der Waals surface area contributed by atoms with Crippen molar-refractivity contribution in [2.45, 2.75) is 12.7 Å². The fraction of sp³-hybridized carbons (Fsp3) is 0.222. The third-order valence-electron chi connectivity index (χ3n) is 4.15. The summed E-state index contributed by atoms with van der Waals surface area (Å²) in [5, 5.41) is 4.27. The van der Waals surface area contributed by atoms with Crippen LogP contribution < -0.4 is 0 Å². The summed E-state index contributed by atoms with van der Waals surface area (Å²) < 4.78 is 10.0. The number of likely N-dealkylation sites (tertiary alicyclic amines) is 1. The normalized spacial score (nSPS) is 14.9. The molecule has 0 unspecified atom stereocenters. The van der Waals surface area contributed by atoms with Crippen molar-refractivity contribution in [3.8, 4) is 0 Å². The van der Waals surface area contributed by atoms with Crippen LogP contribution in [-0.4, -0.2) is 34.4 Å². The van der Waals surface area contributed by atoms with E-state index in [4.69, 9.17) is 4.74 Å². The summed E-state index contributed by atoms with van der Waals surface area (Å²) in [5.74, 6) is -0.00346. The van der Waals surface area contributed by atoms with Crippen LogP contribution in [0, 0.1) is 0 Å². The molecule has 0 saturated carbocycles. The number of carbonyl (C=O) groups is 1. The summed E-state index contributed by atoms with van der Waals surface area (Å²) in [5.41, 5.74) is 1.72. The molecule has 2 aromatic carbocycles. The highest BCUT2D eigenvalue weighted by molar-refractivity contribution is 7.03. The number of benzene rings is 2. The molecule has 1 fully saturated rings. The molecule has 1 saturated heterocycles. The first-order valence-electron chi connectivity index (χ1n) is 7.59. The number of rotatable bonds is 4. The highest BCUT2D eigenvalue weighted by Crippen LogP contribution is 2.22. The minimum absolute atomic E-state index is 0.00346. The number of hydrogen-bond donors (Lipinski definition) is 0. The van der Waals surface area contributed by atoms with Crippen molar-refractivity contribution in [3.05, 3.63) is 65.2 Å². The molecule has 1 amide bonds. The third-order valence-corrected chi connectivity index (χ3v) is 4.71. The van der Waals surface area contributed by atoms with Gasteiger partial charge in [-0.25, -0.2) is 0 Å². The van der Waals surface area contributed by atoms with Crippen molar-refractivity contribution in [2.24, 2.45) is 0 Å². The predicted octanol–water partition coefficient (Wildman–Crippen LogP) is 3.34. The van der Waals surface area contributed by atoms with Gasteiger partial charge in [0.25, 0.3) is 5.91 Å². The molecular formula is C18H16N2O2S. The number of nitrogens with zero attached hydrogens (tertiary/aromatic N) is 2. The van der Waals surface area contributed by atoms with Crippen LogP contribution in [0.4, 0.5) is 0 Å². The van der Waals surface area contributed by atoms with Crippen LogP contribution in [0.1, 0.15) is 16.1 Å². The molecule has 3 aromatic rings. The minimum atomic E-state index is -0.00346. The van der Waals surface area contributed by atoms with Gasteiger partial charge in [-0.05, 0) is 33.9 Å². The van der Waals surface area contributed by atoms with Gasteiger partial charge in [-0.2, -0.15) is 4.37 Å². The maximum atomic E-state index is 12.1. The van der Waals surface area contributed by atoms with Crippen molar-refractivity contribution >= 4 is 28.2 Å². The average Bonchev–Trinajstić information content (AvgIpc) is 3.08. The van der Waals surface area contributed by atoms with E-state index in [1.165, 1.54) is 27.9 Å². The Morgan fingerprint density at radius 1 is 1.17 bits per heavy atom. The quantitative estimate of drug-likeness (QED) is 0.739. The lowest BCUT2D eigenvalue weighted by molar-refractivity contribution is -0.0501. The number of fused-ring (bicyclic) bond motifs is 1. The number of aromatic nitrogens is 1. The molecule has 0 aliphatic carbocycles. The molecular weight excluding hydrogens is 308 g/mol. The summed E-state index contributed by atoms with van der Waals surface area (Å²) in [6, 6.07) is 16.3. The van der Waals surface area contributed by atoms with Gasteiger partial charge in [-0.3, -0.25) is 4.79 Å². The van der Waals surface area contributed by atoms with E-state index in [1.807, 2.05) is 17.5 Å². The van der Waals surface area contributed by atoms with Crippen LogP contribution >= 0.6 is 11.5 Å². The number of hydrogen-bond acceptors (Lipinski definition) is 4. The Kier molecular flexibility index (Phi) is 3.81. The zero-order valence-electron chi connectivity index (χ0n) is 12.5. The highest BCUT2D eigenvalue weighted by atomic mass is 32.1. The Hall–Kier alpha value is -2.24. The maximum Gasteiger partial charge on any atom is 0.273 e. The second-order valence-corrected chi connectivity index (χ2v) is 6.33. The van der Waals surface area contributed by atoms with Gasteiger partial charge in [0.2, 0.25) is 0 Å². The summed E-state index contributed by atoms with van der Waals surface area (Å²) in [6.07, 6.45) is 0.108. The Morgan fingerprint density at radius 2 is 2.00 bits per heavy atom. The van der Waals surface area contributed by atoms with Crippen molar-refractivity contribution in [1.29, 1.82) is 0 Å². The van der Waals surface area contributed by atoms with E-state index in [0.29, 0.717) is 25.4 Å². The second-order valence-electron chi connectivity index (χ2n) is 5.67. The first-order chi connectivity index (χ1) is 11.3. The van der Waals surface area contributed by atoms with Crippen molar-refractivity contribution in [2.75, 3.05) is 13.1 Å². The van der Waals surface area contributed by atoms with Gasteiger partial charge >= 0.3 is 0 Å². The first-order valence-corrected chi connectivity index (χ1v) is 8.43. The van der Waals surface area contributed by atoms with Gasteiger partial charge in [-0.15, -0.1) is 0 Å². The van der Waals surface area contributed by atoms with Crippen molar-refractivity contribution in [3.63, 3.8) is 0 Å². The van der Waals surface area contributed by atoms with Crippen LogP contribution in [0.3, 0.4) is 0 Å². The number of carbonyl (C=O) groups excluding carboxylic acids is 1. The number of ether oxygens (including phenoxy) is 1.